The molecular weight excluding hydrogens is 184 g/mol. The van der Waals surface area contributed by atoms with Gasteiger partial charge in [-0.15, -0.1) is 0 Å². The molecule has 1 rings (SSSR count). The summed E-state index contributed by atoms with van der Waals surface area (Å²) in [5, 5.41) is 0. The van der Waals surface area contributed by atoms with Gasteiger partial charge in [-0.1, -0.05) is 0 Å². The number of ether oxygens (including phenoxy) is 2. The Balaban J connectivity index is 2.57. The van der Waals surface area contributed by atoms with Crippen molar-refractivity contribution in [2.75, 3.05) is 27.3 Å². The van der Waals surface area contributed by atoms with E-state index < -0.39 is 6.04 Å². The van der Waals surface area contributed by atoms with Gasteiger partial charge in [0, 0.05) is 27.3 Å². The van der Waals surface area contributed by atoms with Crippen LogP contribution < -0.4 is 5.73 Å². The number of rotatable bonds is 3. The molecule has 0 spiro atoms. The summed E-state index contributed by atoms with van der Waals surface area (Å²) in [7, 11) is 3.24. The number of methoxy groups -OCH3 is 2. The fourth-order valence-corrected chi connectivity index (χ4v) is 1.66. The van der Waals surface area contributed by atoms with E-state index in [1.807, 2.05) is 0 Å². The summed E-state index contributed by atoms with van der Waals surface area (Å²) in [6.45, 7) is 2.81. The third-order valence-corrected chi connectivity index (χ3v) is 2.52. The van der Waals surface area contributed by atoms with Crippen molar-refractivity contribution in [3.05, 3.63) is 0 Å². The third-order valence-electron chi connectivity index (χ3n) is 2.52. The van der Waals surface area contributed by atoms with E-state index in [2.05, 4.69) is 0 Å². The molecule has 14 heavy (non-hydrogen) atoms. The molecule has 3 atom stereocenters. The van der Waals surface area contributed by atoms with Crippen LogP contribution in [0, 0.1) is 0 Å². The normalized spacial score (nSPS) is 29.3. The molecule has 0 saturated carbocycles. The van der Waals surface area contributed by atoms with Crippen LogP contribution in [-0.2, 0) is 14.3 Å². The number of nitrogens with two attached hydrogens (primary N) is 1. The van der Waals surface area contributed by atoms with Crippen LogP contribution in [0.5, 0.6) is 0 Å². The molecule has 0 bridgehead atoms. The van der Waals surface area contributed by atoms with Crippen molar-refractivity contribution in [1.82, 2.24) is 4.90 Å². The number of amides is 1. The van der Waals surface area contributed by atoms with Gasteiger partial charge in [-0.2, -0.15) is 0 Å². The Morgan fingerprint density at radius 1 is 1.36 bits per heavy atom. The van der Waals surface area contributed by atoms with Gasteiger partial charge in [0.25, 0.3) is 0 Å². The number of hydrogen-bond donors (Lipinski definition) is 1. The largest absolute Gasteiger partial charge is 0.377 e. The third kappa shape index (κ3) is 2.23. The summed E-state index contributed by atoms with van der Waals surface area (Å²) in [6.07, 6.45) is -0.0783. The van der Waals surface area contributed by atoms with E-state index in [0.717, 1.165) is 0 Å². The average Bonchev–Trinajstić information content (AvgIpc) is 2.59. The first-order valence-corrected chi connectivity index (χ1v) is 4.70. The molecule has 2 N–H and O–H groups in total. The standard InChI is InChI=1S/C9H18N2O3/c1-6(10)9(12)11-4-7(13-2)8(5-11)14-3/h6-8H,4-5,10H2,1-3H3/t6-,7?,8?/m0/s1. The van der Waals surface area contributed by atoms with Crippen molar-refractivity contribution in [2.45, 2.75) is 25.2 Å². The first-order chi connectivity index (χ1) is 6.60. The molecule has 1 saturated heterocycles. The predicted molar refractivity (Wildman–Crippen MR) is 51.8 cm³/mol. The Morgan fingerprint density at radius 2 is 1.79 bits per heavy atom. The molecule has 0 aliphatic carbocycles. The highest BCUT2D eigenvalue weighted by Gasteiger charge is 2.36. The predicted octanol–water partition coefficient (Wildman–Crippen LogP) is -0.794. The molecule has 5 nitrogen and oxygen atoms in total. The molecule has 0 aromatic carbocycles. The lowest BCUT2D eigenvalue weighted by Crippen LogP contribution is -2.41. The molecule has 1 aliphatic rings. The van der Waals surface area contributed by atoms with Gasteiger partial charge in [0.05, 0.1) is 6.04 Å². The topological polar surface area (TPSA) is 64.8 Å². The molecule has 1 aliphatic heterocycles. The SMILES string of the molecule is COC1CN(C(=O)[C@H](C)N)CC1OC. The van der Waals surface area contributed by atoms with E-state index in [9.17, 15) is 4.79 Å². The van der Waals surface area contributed by atoms with Gasteiger partial charge in [0.1, 0.15) is 12.2 Å². The van der Waals surface area contributed by atoms with Gasteiger partial charge >= 0.3 is 0 Å². The van der Waals surface area contributed by atoms with E-state index in [1.165, 1.54) is 0 Å². The van der Waals surface area contributed by atoms with Crippen molar-refractivity contribution in [3.63, 3.8) is 0 Å². The van der Waals surface area contributed by atoms with Crippen molar-refractivity contribution >= 4 is 5.91 Å². The fraction of sp³-hybridized carbons (Fsp3) is 0.889. The van der Waals surface area contributed by atoms with Crippen molar-refractivity contribution < 1.29 is 14.3 Å². The zero-order valence-electron chi connectivity index (χ0n) is 8.90. The molecular formula is C9H18N2O3. The maximum absolute atomic E-state index is 11.6. The van der Waals surface area contributed by atoms with E-state index in [-0.39, 0.29) is 18.1 Å². The Hall–Kier alpha value is -0.650. The smallest absolute Gasteiger partial charge is 0.239 e. The summed E-state index contributed by atoms with van der Waals surface area (Å²) in [5.74, 6) is -0.0494. The molecule has 1 heterocycles. The van der Waals surface area contributed by atoms with Crippen LogP contribution in [0.15, 0.2) is 0 Å². The van der Waals surface area contributed by atoms with E-state index in [4.69, 9.17) is 15.2 Å². The van der Waals surface area contributed by atoms with Crippen LogP contribution >= 0.6 is 0 Å². The minimum Gasteiger partial charge on any atom is -0.377 e. The number of likely N-dealkylation sites (tertiary alicyclic amines) is 1. The van der Waals surface area contributed by atoms with Crippen LogP contribution in [-0.4, -0.2) is 56.4 Å². The quantitative estimate of drug-likeness (QED) is 0.651. The van der Waals surface area contributed by atoms with Gasteiger partial charge in [-0.05, 0) is 6.92 Å². The van der Waals surface area contributed by atoms with E-state index >= 15 is 0 Å². The van der Waals surface area contributed by atoms with Crippen molar-refractivity contribution in [3.8, 4) is 0 Å². The fourth-order valence-electron chi connectivity index (χ4n) is 1.66. The molecule has 0 radical (unpaired) electrons. The summed E-state index contributed by atoms with van der Waals surface area (Å²) >= 11 is 0. The number of carbonyl (C=O) groups is 1. The molecule has 0 aromatic rings. The van der Waals surface area contributed by atoms with Crippen molar-refractivity contribution in [1.29, 1.82) is 0 Å². The number of hydrogen-bond acceptors (Lipinski definition) is 4. The lowest BCUT2D eigenvalue weighted by Gasteiger charge is -2.17. The highest BCUT2D eigenvalue weighted by molar-refractivity contribution is 5.81. The molecule has 82 valence electrons. The maximum atomic E-state index is 11.6. The Bertz CT molecular complexity index is 196. The first kappa shape index (κ1) is 11.4. The Labute approximate surface area is 84.1 Å². The highest BCUT2D eigenvalue weighted by atomic mass is 16.5. The van der Waals surface area contributed by atoms with Gasteiger partial charge in [0.2, 0.25) is 5.91 Å². The zero-order valence-corrected chi connectivity index (χ0v) is 8.90. The van der Waals surface area contributed by atoms with Crippen LogP contribution in [0.1, 0.15) is 6.92 Å². The van der Waals surface area contributed by atoms with Gasteiger partial charge < -0.3 is 20.1 Å². The second kappa shape index (κ2) is 4.72. The van der Waals surface area contributed by atoms with E-state index in [1.54, 1.807) is 26.0 Å². The summed E-state index contributed by atoms with van der Waals surface area (Å²) < 4.78 is 10.4. The lowest BCUT2D eigenvalue weighted by atomic mass is 10.3. The minimum absolute atomic E-state index is 0.0392. The number of carbonyl (C=O) groups excluding carboxylic acids is 1. The molecule has 5 heteroatoms. The van der Waals surface area contributed by atoms with E-state index in [0.29, 0.717) is 13.1 Å². The summed E-state index contributed by atoms with van der Waals surface area (Å²) in [4.78, 5) is 13.2. The Morgan fingerprint density at radius 3 is 2.07 bits per heavy atom. The van der Waals surface area contributed by atoms with Crippen LogP contribution in [0.3, 0.4) is 0 Å². The summed E-state index contributed by atoms with van der Waals surface area (Å²) in [5.41, 5.74) is 5.52. The molecule has 1 fully saturated rings. The second-order valence-corrected chi connectivity index (χ2v) is 3.58. The highest BCUT2D eigenvalue weighted by Crippen LogP contribution is 2.16. The minimum atomic E-state index is -0.455. The lowest BCUT2D eigenvalue weighted by molar-refractivity contribution is -0.131. The monoisotopic (exact) mass is 202 g/mol. The number of nitrogens with zero attached hydrogens (tertiary/aromatic N) is 1. The van der Waals surface area contributed by atoms with Gasteiger partial charge in [0.15, 0.2) is 0 Å². The maximum Gasteiger partial charge on any atom is 0.239 e. The van der Waals surface area contributed by atoms with Crippen molar-refractivity contribution in [2.24, 2.45) is 5.73 Å². The summed E-state index contributed by atoms with van der Waals surface area (Å²) in [6, 6.07) is -0.455. The zero-order chi connectivity index (χ0) is 10.7. The Kier molecular flexibility index (Phi) is 3.86. The van der Waals surface area contributed by atoms with Gasteiger partial charge in [-0.25, -0.2) is 0 Å². The van der Waals surface area contributed by atoms with Gasteiger partial charge in [-0.3, -0.25) is 4.79 Å². The van der Waals surface area contributed by atoms with Crippen LogP contribution in [0.2, 0.25) is 0 Å². The molecule has 2 unspecified atom stereocenters. The molecule has 1 amide bonds. The second-order valence-electron chi connectivity index (χ2n) is 3.58. The average molecular weight is 202 g/mol. The van der Waals surface area contributed by atoms with Crippen LogP contribution in [0.25, 0.3) is 0 Å². The molecule has 0 aromatic heterocycles. The first-order valence-electron chi connectivity index (χ1n) is 4.70. The van der Waals surface area contributed by atoms with Crippen LogP contribution in [0.4, 0.5) is 0 Å².